The number of carbonyl (C=O) groups excluding carboxylic acids is 1. The number of hydrogen-bond acceptors (Lipinski definition) is 9. The van der Waals surface area contributed by atoms with E-state index in [2.05, 4.69) is 14.7 Å². The van der Waals surface area contributed by atoms with Crippen molar-refractivity contribution in [3.8, 4) is 23.3 Å². The van der Waals surface area contributed by atoms with Crippen LogP contribution in [0.5, 0.6) is 17.2 Å². The molecule has 0 radical (unpaired) electrons. The van der Waals surface area contributed by atoms with Crippen LogP contribution in [-0.4, -0.2) is 41.3 Å². The second-order valence-electron chi connectivity index (χ2n) is 6.81. The van der Waals surface area contributed by atoms with Gasteiger partial charge in [-0.2, -0.15) is 14.6 Å². The normalized spacial score (nSPS) is 10.9. The third-order valence-electron chi connectivity index (χ3n) is 4.45. The summed E-state index contributed by atoms with van der Waals surface area (Å²) in [6, 6.07) is 14.9. The highest BCUT2D eigenvalue weighted by molar-refractivity contribution is 7.98. The van der Waals surface area contributed by atoms with Gasteiger partial charge in [0.2, 0.25) is 10.3 Å². The minimum atomic E-state index is -0.557. The molecule has 3 rings (SSSR count). The molecule has 0 atom stereocenters. The minimum absolute atomic E-state index is 0.0661. The van der Waals surface area contributed by atoms with Gasteiger partial charge in [0.25, 0.3) is 5.91 Å². The number of nitrogens with zero attached hydrogens (tertiary/aromatic N) is 3. The molecule has 0 fully saturated rings. The van der Waals surface area contributed by atoms with E-state index in [4.69, 9.17) is 14.2 Å². The first-order chi connectivity index (χ1) is 16.5. The number of thioether (sulfide) groups is 1. The highest BCUT2D eigenvalue weighted by atomic mass is 32.2. The van der Waals surface area contributed by atoms with Crippen molar-refractivity contribution in [2.24, 2.45) is 0 Å². The maximum Gasteiger partial charge on any atom is 0.268 e. The zero-order valence-corrected chi connectivity index (χ0v) is 20.7. The topological polar surface area (TPSA) is 106 Å². The second kappa shape index (κ2) is 12.6. The molecule has 10 heteroatoms. The monoisotopic (exact) mass is 496 g/mol. The van der Waals surface area contributed by atoms with Crippen LogP contribution in [0.2, 0.25) is 0 Å². The van der Waals surface area contributed by atoms with Crippen molar-refractivity contribution in [2.75, 3.05) is 31.4 Å². The van der Waals surface area contributed by atoms with Crippen molar-refractivity contribution >= 4 is 40.4 Å². The highest BCUT2D eigenvalue weighted by Crippen LogP contribution is 2.30. The van der Waals surface area contributed by atoms with E-state index in [0.717, 1.165) is 22.8 Å². The third kappa shape index (κ3) is 6.97. The number of para-hydroxylation sites is 1. The lowest BCUT2D eigenvalue weighted by Gasteiger charge is -2.14. The van der Waals surface area contributed by atoms with E-state index < -0.39 is 5.91 Å². The molecule has 2 aromatic carbocycles. The van der Waals surface area contributed by atoms with Gasteiger partial charge in [-0.05, 0) is 55.5 Å². The molecule has 0 aliphatic carbocycles. The average Bonchev–Trinajstić information content (AvgIpc) is 3.30. The summed E-state index contributed by atoms with van der Waals surface area (Å²) in [4.78, 5) is 16.7. The molecule has 8 nitrogen and oxygen atoms in total. The minimum Gasteiger partial charge on any atom is -0.490 e. The Morgan fingerprint density at radius 1 is 1.15 bits per heavy atom. The lowest BCUT2D eigenvalue weighted by atomic mass is 10.1. The summed E-state index contributed by atoms with van der Waals surface area (Å²) in [7, 11) is 0. The van der Waals surface area contributed by atoms with E-state index in [-0.39, 0.29) is 5.57 Å². The molecule has 0 saturated carbocycles. The number of aromatic nitrogens is 2. The van der Waals surface area contributed by atoms with Crippen LogP contribution >= 0.6 is 23.3 Å². The molecule has 1 aromatic heterocycles. The number of anilines is 1. The van der Waals surface area contributed by atoms with Crippen LogP contribution in [0, 0.1) is 18.3 Å². The van der Waals surface area contributed by atoms with Gasteiger partial charge in [0.1, 0.15) is 30.6 Å². The molecule has 0 saturated heterocycles. The molecule has 0 aliphatic heterocycles. The van der Waals surface area contributed by atoms with Crippen molar-refractivity contribution in [3.05, 3.63) is 59.2 Å². The maximum absolute atomic E-state index is 12.5. The van der Waals surface area contributed by atoms with Gasteiger partial charge in [0.15, 0.2) is 11.5 Å². The van der Waals surface area contributed by atoms with E-state index in [1.165, 1.54) is 17.8 Å². The fraction of sp³-hybridized carbons (Fsp3) is 0.250. The van der Waals surface area contributed by atoms with Gasteiger partial charge in [-0.1, -0.05) is 36.0 Å². The molecule has 0 unspecified atom stereocenters. The molecule has 3 aromatic rings. The first-order valence-electron chi connectivity index (χ1n) is 10.4. The lowest BCUT2D eigenvalue weighted by Crippen LogP contribution is -2.13. The van der Waals surface area contributed by atoms with Gasteiger partial charge in [0, 0.05) is 11.5 Å². The quantitative estimate of drug-likeness (QED) is 0.172. The van der Waals surface area contributed by atoms with Gasteiger partial charge in [-0.15, -0.1) is 0 Å². The molecule has 1 N–H and O–H groups in total. The first kappa shape index (κ1) is 25.1. The zero-order chi connectivity index (χ0) is 24.3. The standard InChI is InChI=1S/C24H24N4O4S2/c1-4-30-21-14-17(13-18(15-25)22(29)26-23-27-24(33-3)28-34-23)9-10-20(21)32-12-11-31-19-8-6-5-7-16(19)2/h5-10,13-14H,4,11-12H2,1-3H3,(H,26,27,28,29). The number of benzene rings is 2. The number of nitriles is 1. The predicted octanol–water partition coefficient (Wildman–Crippen LogP) is 4.97. The zero-order valence-electron chi connectivity index (χ0n) is 19.0. The van der Waals surface area contributed by atoms with Crippen molar-refractivity contribution in [1.29, 1.82) is 5.26 Å². The Bertz CT molecular complexity index is 1200. The molecule has 1 heterocycles. The van der Waals surface area contributed by atoms with Gasteiger partial charge in [-0.25, -0.2) is 0 Å². The molecular formula is C24H24N4O4S2. The first-order valence-corrected chi connectivity index (χ1v) is 12.4. The largest absolute Gasteiger partial charge is 0.490 e. The van der Waals surface area contributed by atoms with E-state index in [0.29, 0.717) is 47.2 Å². The number of rotatable bonds is 11. The van der Waals surface area contributed by atoms with Crippen LogP contribution < -0.4 is 19.5 Å². The van der Waals surface area contributed by atoms with E-state index in [1.807, 2.05) is 50.4 Å². The summed E-state index contributed by atoms with van der Waals surface area (Å²) in [5.74, 6) is 1.32. The average molecular weight is 497 g/mol. The van der Waals surface area contributed by atoms with Crippen LogP contribution in [-0.2, 0) is 4.79 Å². The fourth-order valence-corrected chi connectivity index (χ4v) is 3.97. The summed E-state index contributed by atoms with van der Waals surface area (Å²) in [6.07, 6.45) is 3.33. The smallest absolute Gasteiger partial charge is 0.268 e. The number of carbonyl (C=O) groups is 1. The van der Waals surface area contributed by atoms with Crippen LogP contribution in [0.25, 0.3) is 6.08 Å². The van der Waals surface area contributed by atoms with Crippen molar-refractivity contribution in [1.82, 2.24) is 9.36 Å². The summed E-state index contributed by atoms with van der Waals surface area (Å²) < 4.78 is 21.4. The number of amides is 1. The van der Waals surface area contributed by atoms with Crippen LogP contribution in [0.1, 0.15) is 18.1 Å². The van der Waals surface area contributed by atoms with Crippen molar-refractivity contribution in [2.45, 2.75) is 19.0 Å². The van der Waals surface area contributed by atoms with E-state index in [1.54, 1.807) is 18.2 Å². The van der Waals surface area contributed by atoms with Crippen molar-refractivity contribution < 1.29 is 19.0 Å². The summed E-state index contributed by atoms with van der Waals surface area (Å²) in [6.45, 7) is 4.99. The Morgan fingerprint density at radius 3 is 2.59 bits per heavy atom. The molecule has 176 valence electrons. The van der Waals surface area contributed by atoms with Gasteiger partial charge < -0.3 is 14.2 Å². The molecular weight excluding hydrogens is 472 g/mol. The van der Waals surface area contributed by atoms with Crippen LogP contribution in [0.4, 0.5) is 5.13 Å². The Labute approximate surface area is 206 Å². The van der Waals surface area contributed by atoms with Gasteiger partial charge in [-0.3, -0.25) is 10.1 Å². The van der Waals surface area contributed by atoms with Gasteiger partial charge >= 0.3 is 0 Å². The molecule has 0 spiro atoms. The van der Waals surface area contributed by atoms with E-state index >= 15 is 0 Å². The molecule has 0 aliphatic rings. The van der Waals surface area contributed by atoms with Gasteiger partial charge in [0.05, 0.1) is 6.61 Å². The number of nitrogens with one attached hydrogen (secondary N) is 1. The number of aryl methyl sites for hydroxylation is 1. The summed E-state index contributed by atoms with van der Waals surface area (Å²) in [5, 5.41) is 13.0. The molecule has 0 bridgehead atoms. The highest BCUT2D eigenvalue weighted by Gasteiger charge is 2.14. The van der Waals surface area contributed by atoms with Crippen LogP contribution in [0.3, 0.4) is 0 Å². The van der Waals surface area contributed by atoms with Crippen LogP contribution in [0.15, 0.2) is 53.2 Å². The SMILES string of the molecule is CCOc1cc(C=C(C#N)C(=O)Nc2nc(SC)ns2)ccc1OCCOc1ccccc1C. The Balaban J connectivity index is 1.66. The second-order valence-corrected chi connectivity index (χ2v) is 8.34. The Morgan fingerprint density at radius 2 is 1.91 bits per heavy atom. The Kier molecular flexibility index (Phi) is 9.31. The molecule has 1 amide bonds. The molecule has 34 heavy (non-hydrogen) atoms. The Hall–Kier alpha value is -3.55. The number of ether oxygens (including phenoxy) is 3. The summed E-state index contributed by atoms with van der Waals surface area (Å²) in [5.41, 5.74) is 1.62. The maximum atomic E-state index is 12.5. The van der Waals surface area contributed by atoms with Crippen molar-refractivity contribution in [3.63, 3.8) is 0 Å². The predicted molar refractivity (Wildman–Crippen MR) is 134 cm³/mol. The lowest BCUT2D eigenvalue weighted by molar-refractivity contribution is -0.112. The summed E-state index contributed by atoms with van der Waals surface area (Å²) >= 11 is 2.43. The fourth-order valence-electron chi connectivity index (χ4n) is 2.85. The van der Waals surface area contributed by atoms with E-state index in [9.17, 15) is 10.1 Å². The third-order valence-corrected chi connectivity index (χ3v) is 5.74. The number of hydrogen-bond donors (Lipinski definition) is 1.